The van der Waals surface area contributed by atoms with Crippen LogP contribution in [0.4, 0.5) is 5.82 Å². The number of anilines is 1. The van der Waals surface area contributed by atoms with Crippen molar-refractivity contribution >= 4 is 15.8 Å². The Hall–Kier alpha value is -1.87. The minimum Gasteiger partial charge on any atom is -0.381 e. The van der Waals surface area contributed by atoms with Crippen LogP contribution in [0, 0.1) is 6.92 Å². The lowest BCUT2D eigenvalue weighted by Gasteiger charge is -2.05. The summed E-state index contributed by atoms with van der Waals surface area (Å²) in [7, 11) is -1.88. The molecule has 21 heavy (non-hydrogen) atoms. The number of nitrogen functional groups attached to an aromatic ring is 1. The smallest absolute Gasteiger partial charge is 0.246 e. The summed E-state index contributed by atoms with van der Waals surface area (Å²) in [6.45, 7) is 4.65. The second kappa shape index (κ2) is 5.86. The SMILES string of the molecule is CCCn1cc(S(=O)(=O)NCc2cnn(C)c2C)c(N)n1. The summed E-state index contributed by atoms with van der Waals surface area (Å²) in [6.07, 6.45) is 3.95. The average molecular weight is 312 g/mol. The van der Waals surface area contributed by atoms with Crippen LogP contribution in [-0.2, 0) is 30.2 Å². The van der Waals surface area contributed by atoms with E-state index in [0.29, 0.717) is 6.54 Å². The van der Waals surface area contributed by atoms with Gasteiger partial charge in [-0.3, -0.25) is 9.36 Å². The Kier molecular flexibility index (Phi) is 4.33. The number of hydrogen-bond donors (Lipinski definition) is 2. The van der Waals surface area contributed by atoms with E-state index in [-0.39, 0.29) is 17.3 Å². The number of nitrogens with one attached hydrogen (secondary N) is 1. The van der Waals surface area contributed by atoms with E-state index in [1.165, 1.54) is 6.20 Å². The summed E-state index contributed by atoms with van der Waals surface area (Å²) in [6, 6.07) is 0. The van der Waals surface area contributed by atoms with Gasteiger partial charge in [0, 0.05) is 37.6 Å². The van der Waals surface area contributed by atoms with Crippen molar-refractivity contribution in [3.63, 3.8) is 0 Å². The third-order valence-corrected chi connectivity index (χ3v) is 4.70. The molecule has 0 radical (unpaired) electrons. The van der Waals surface area contributed by atoms with Crippen LogP contribution in [0.1, 0.15) is 24.6 Å². The predicted molar refractivity (Wildman–Crippen MR) is 78.9 cm³/mol. The molecule has 0 amide bonds. The molecule has 0 aromatic carbocycles. The van der Waals surface area contributed by atoms with Gasteiger partial charge in [0.2, 0.25) is 10.0 Å². The van der Waals surface area contributed by atoms with E-state index >= 15 is 0 Å². The molecule has 0 spiro atoms. The molecule has 0 aliphatic heterocycles. The number of nitrogens with zero attached hydrogens (tertiary/aromatic N) is 4. The molecule has 0 aliphatic rings. The van der Waals surface area contributed by atoms with Crippen LogP contribution >= 0.6 is 0 Å². The van der Waals surface area contributed by atoms with Gasteiger partial charge in [-0.05, 0) is 13.3 Å². The zero-order valence-corrected chi connectivity index (χ0v) is 13.2. The summed E-state index contributed by atoms with van der Waals surface area (Å²) < 4.78 is 30.3. The number of aryl methyl sites for hydroxylation is 2. The predicted octanol–water partition coefficient (Wildman–Crippen LogP) is 0.396. The molecule has 9 heteroatoms. The second-order valence-electron chi connectivity index (χ2n) is 4.85. The second-order valence-corrected chi connectivity index (χ2v) is 6.58. The number of sulfonamides is 1. The van der Waals surface area contributed by atoms with Crippen molar-refractivity contribution < 1.29 is 8.42 Å². The highest BCUT2D eigenvalue weighted by Crippen LogP contribution is 2.17. The number of rotatable bonds is 6. The van der Waals surface area contributed by atoms with Crippen molar-refractivity contribution in [1.29, 1.82) is 0 Å². The molecule has 8 nitrogen and oxygen atoms in total. The first kappa shape index (κ1) is 15.5. The van der Waals surface area contributed by atoms with Crippen LogP contribution < -0.4 is 10.5 Å². The third-order valence-electron chi connectivity index (χ3n) is 3.29. The van der Waals surface area contributed by atoms with Crippen molar-refractivity contribution in [2.45, 2.75) is 38.3 Å². The Morgan fingerprint density at radius 2 is 2.14 bits per heavy atom. The van der Waals surface area contributed by atoms with E-state index in [4.69, 9.17) is 5.73 Å². The lowest BCUT2D eigenvalue weighted by molar-refractivity contribution is 0.579. The molecule has 0 fully saturated rings. The van der Waals surface area contributed by atoms with Crippen LogP contribution in [0.3, 0.4) is 0 Å². The summed E-state index contributed by atoms with van der Waals surface area (Å²) in [5, 5.41) is 8.08. The van der Waals surface area contributed by atoms with E-state index in [1.54, 1.807) is 22.6 Å². The van der Waals surface area contributed by atoms with Crippen LogP contribution in [-0.4, -0.2) is 28.0 Å². The van der Waals surface area contributed by atoms with Gasteiger partial charge in [-0.25, -0.2) is 13.1 Å². The van der Waals surface area contributed by atoms with Gasteiger partial charge in [-0.2, -0.15) is 10.2 Å². The molecule has 0 saturated carbocycles. The third kappa shape index (κ3) is 3.24. The van der Waals surface area contributed by atoms with E-state index in [1.807, 2.05) is 13.8 Å². The molecule has 0 atom stereocenters. The number of nitrogens with two attached hydrogens (primary N) is 1. The molecule has 0 saturated heterocycles. The summed E-state index contributed by atoms with van der Waals surface area (Å²) in [5.74, 6) is 0.0128. The molecule has 2 aromatic rings. The standard InChI is InChI=1S/C12H20N6O2S/c1-4-5-18-8-11(12(13)16-18)21(19,20)15-7-10-6-14-17(3)9(10)2/h6,8,15H,4-5,7H2,1-3H3,(H2,13,16). The van der Waals surface area contributed by atoms with Crippen LogP contribution in [0.2, 0.25) is 0 Å². The van der Waals surface area contributed by atoms with E-state index in [9.17, 15) is 8.42 Å². The van der Waals surface area contributed by atoms with Gasteiger partial charge in [0.15, 0.2) is 5.82 Å². The zero-order chi connectivity index (χ0) is 15.6. The van der Waals surface area contributed by atoms with Gasteiger partial charge in [0.25, 0.3) is 0 Å². The first-order chi connectivity index (χ1) is 9.85. The van der Waals surface area contributed by atoms with E-state index in [2.05, 4.69) is 14.9 Å². The minimum absolute atomic E-state index is 0.0116. The van der Waals surface area contributed by atoms with Crippen molar-refractivity contribution in [1.82, 2.24) is 24.3 Å². The van der Waals surface area contributed by atoms with Gasteiger partial charge in [0.05, 0.1) is 6.20 Å². The zero-order valence-electron chi connectivity index (χ0n) is 12.4. The van der Waals surface area contributed by atoms with Crippen LogP contribution in [0.25, 0.3) is 0 Å². The van der Waals surface area contributed by atoms with Gasteiger partial charge in [-0.15, -0.1) is 0 Å². The minimum atomic E-state index is -3.69. The Morgan fingerprint density at radius 3 is 2.71 bits per heavy atom. The molecule has 2 heterocycles. The fraction of sp³-hybridized carbons (Fsp3) is 0.500. The Morgan fingerprint density at radius 1 is 1.43 bits per heavy atom. The van der Waals surface area contributed by atoms with Crippen molar-refractivity contribution in [3.8, 4) is 0 Å². The molecule has 2 aromatic heterocycles. The topological polar surface area (TPSA) is 108 Å². The normalized spacial score (nSPS) is 12.0. The van der Waals surface area contributed by atoms with Gasteiger partial charge in [-0.1, -0.05) is 6.92 Å². The lowest BCUT2D eigenvalue weighted by atomic mass is 10.3. The van der Waals surface area contributed by atoms with Gasteiger partial charge in [0.1, 0.15) is 4.90 Å². The largest absolute Gasteiger partial charge is 0.381 e. The maximum atomic E-state index is 12.3. The average Bonchev–Trinajstić information content (AvgIpc) is 2.93. The first-order valence-electron chi connectivity index (χ1n) is 6.65. The highest BCUT2D eigenvalue weighted by molar-refractivity contribution is 7.89. The number of hydrogen-bond acceptors (Lipinski definition) is 5. The molecule has 0 bridgehead atoms. The monoisotopic (exact) mass is 312 g/mol. The van der Waals surface area contributed by atoms with Gasteiger partial charge >= 0.3 is 0 Å². The maximum Gasteiger partial charge on any atom is 0.246 e. The lowest BCUT2D eigenvalue weighted by Crippen LogP contribution is -2.24. The Balaban J connectivity index is 2.17. The summed E-state index contributed by atoms with van der Waals surface area (Å²) in [4.78, 5) is 0.0116. The van der Waals surface area contributed by atoms with Crippen LogP contribution in [0.15, 0.2) is 17.3 Å². The highest BCUT2D eigenvalue weighted by atomic mass is 32.2. The molecular formula is C12H20N6O2S. The molecule has 116 valence electrons. The Labute approximate surface area is 124 Å². The van der Waals surface area contributed by atoms with E-state index < -0.39 is 10.0 Å². The van der Waals surface area contributed by atoms with E-state index in [0.717, 1.165) is 17.7 Å². The molecule has 0 aliphatic carbocycles. The Bertz CT molecular complexity index is 731. The molecule has 0 unspecified atom stereocenters. The fourth-order valence-electron chi connectivity index (χ4n) is 1.94. The summed E-state index contributed by atoms with van der Waals surface area (Å²) in [5.41, 5.74) is 7.42. The van der Waals surface area contributed by atoms with Crippen molar-refractivity contribution in [2.75, 3.05) is 5.73 Å². The highest BCUT2D eigenvalue weighted by Gasteiger charge is 2.21. The van der Waals surface area contributed by atoms with Crippen LogP contribution in [0.5, 0.6) is 0 Å². The van der Waals surface area contributed by atoms with Crippen molar-refractivity contribution in [2.24, 2.45) is 7.05 Å². The van der Waals surface area contributed by atoms with Crippen molar-refractivity contribution in [3.05, 3.63) is 23.7 Å². The molecular weight excluding hydrogens is 292 g/mol. The maximum absolute atomic E-state index is 12.3. The fourth-order valence-corrected chi connectivity index (χ4v) is 3.01. The molecule has 2 rings (SSSR count). The quantitative estimate of drug-likeness (QED) is 0.802. The first-order valence-corrected chi connectivity index (χ1v) is 8.13. The summed E-state index contributed by atoms with van der Waals surface area (Å²) >= 11 is 0. The molecule has 3 N–H and O–H groups in total. The number of aromatic nitrogens is 4. The van der Waals surface area contributed by atoms with Gasteiger partial charge < -0.3 is 5.73 Å².